The van der Waals surface area contributed by atoms with Crippen LogP contribution in [0.3, 0.4) is 0 Å². The van der Waals surface area contributed by atoms with Crippen molar-refractivity contribution >= 4 is 17.5 Å². The molecule has 1 heterocycles. The molecule has 0 aliphatic carbocycles. The first-order valence-electron chi connectivity index (χ1n) is 3.89. The predicted octanol–water partition coefficient (Wildman–Crippen LogP) is 1.48. The maximum atomic E-state index is 11.2. The summed E-state index contributed by atoms with van der Waals surface area (Å²) in [6, 6.07) is 0. The fraction of sp³-hybridized carbons (Fsp3) is 0.875. The molecule has 0 aromatic rings. The number of halogens is 1. The second-order valence-electron chi connectivity index (χ2n) is 3.85. The van der Waals surface area contributed by atoms with E-state index in [0.29, 0.717) is 18.8 Å². The Kier molecular flexibility index (Phi) is 2.43. The Morgan fingerprint density at radius 2 is 2.27 bits per heavy atom. The Morgan fingerprint density at radius 1 is 1.64 bits per heavy atom. The highest BCUT2D eigenvalue weighted by Gasteiger charge is 2.34. The van der Waals surface area contributed by atoms with Gasteiger partial charge in [-0.25, -0.2) is 0 Å². The van der Waals surface area contributed by atoms with Crippen LogP contribution in [0.15, 0.2) is 0 Å². The summed E-state index contributed by atoms with van der Waals surface area (Å²) in [5, 5.41) is 0. The van der Waals surface area contributed by atoms with Crippen molar-refractivity contribution in [1.29, 1.82) is 0 Å². The van der Waals surface area contributed by atoms with E-state index in [1.54, 1.807) is 0 Å². The van der Waals surface area contributed by atoms with Gasteiger partial charge in [0.1, 0.15) is 0 Å². The molecule has 11 heavy (non-hydrogen) atoms. The first-order chi connectivity index (χ1) is 5.05. The summed E-state index contributed by atoms with van der Waals surface area (Å²) >= 11 is 5.55. The van der Waals surface area contributed by atoms with Gasteiger partial charge < -0.3 is 4.90 Å². The van der Waals surface area contributed by atoms with Crippen molar-refractivity contribution in [3.05, 3.63) is 0 Å². The molecule has 1 amide bonds. The van der Waals surface area contributed by atoms with Gasteiger partial charge >= 0.3 is 0 Å². The van der Waals surface area contributed by atoms with Crippen molar-refractivity contribution in [1.82, 2.24) is 4.90 Å². The van der Waals surface area contributed by atoms with Gasteiger partial charge in [0, 0.05) is 25.4 Å². The van der Waals surface area contributed by atoms with Crippen LogP contribution < -0.4 is 0 Å². The fourth-order valence-corrected chi connectivity index (χ4v) is 1.69. The Hall–Kier alpha value is -0.240. The molecule has 64 valence electrons. The van der Waals surface area contributed by atoms with Gasteiger partial charge in [-0.1, -0.05) is 13.8 Å². The summed E-state index contributed by atoms with van der Waals surface area (Å²) in [6.45, 7) is 5.78. The van der Waals surface area contributed by atoms with Crippen molar-refractivity contribution < 1.29 is 4.79 Å². The normalized spacial score (nSPS) is 22.8. The molecule has 2 nitrogen and oxygen atoms in total. The van der Waals surface area contributed by atoms with Gasteiger partial charge in [-0.3, -0.25) is 4.79 Å². The summed E-state index contributed by atoms with van der Waals surface area (Å²) < 4.78 is 0. The standard InChI is InChI=1S/C8H14ClNO/c1-8(2)5-7(11)10(6-8)4-3-9/h3-6H2,1-2H3. The highest BCUT2D eigenvalue weighted by atomic mass is 35.5. The number of alkyl halides is 1. The highest BCUT2D eigenvalue weighted by Crippen LogP contribution is 2.29. The van der Waals surface area contributed by atoms with Crippen LogP contribution in [0.5, 0.6) is 0 Å². The van der Waals surface area contributed by atoms with Gasteiger partial charge in [0.05, 0.1) is 0 Å². The minimum absolute atomic E-state index is 0.156. The number of carbonyl (C=O) groups is 1. The van der Waals surface area contributed by atoms with Crippen LogP contribution in [0, 0.1) is 5.41 Å². The van der Waals surface area contributed by atoms with Gasteiger partial charge in [-0.05, 0) is 5.41 Å². The predicted molar refractivity (Wildman–Crippen MR) is 45.7 cm³/mol. The third-order valence-electron chi connectivity index (χ3n) is 1.96. The van der Waals surface area contributed by atoms with Crippen molar-refractivity contribution in [2.24, 2.45) is 5.41 Å². The van der Waals surface area contributed by atoms with Gasteiger partial charge in [-0.15, -0.1) is 11.6 Å². The van der Waals surface area contributed by atoms with Crippen LogP contribution in [-0.4, -0.2) is 29.8 Å². The van der Waals surface area contributed by atoms with Crippen LogP contribution in [-0.2, 0) is 4.79 Å². The second kappa shape index (κ2) is 3.02. The largest absolute Gasteiger partial charge is 0.341 e. The molecule has 1 aliphatic heterocycles. The lowest BCUT2D eigenvalue weighted by Crippen LogP contribution is -2.28. The van der Waals surface area contributed by atoms with Crippen molar-refractivity contribution in [3.63, 3.8) is 0 Å². The summed E-state index contributed by atoms with van der Waals surface area (Å²) in [5.41, 5.74) is 0.156. The lowest BCUT2D eigenvalue weighted by molar-refractivity contribution is -0.127. The SMILES string of the molecule is CC1(C)CC(=O)N(CCCl)C1. The molecule has 1 fully saturated rings. The third kappa shape index (κ3) is 2.09. The first kappa shape index (κ1) is 8.85. The Balaban J connectivity index is 2.52. The molecule has 0 saturated carbocycles. The number of rotatable bonds is 2. The number of nitrogens with zero attached hydrogens (tertiary/aromatic N) is 1. The van der Waals surface area contributed by atoms with E-state index in [1.165, 1.54) is 0 Å². The maximum Gasteiger partial charge on any atom is 0.223 e. The molecule has 0 aromatic carbocycles. The molecule has 0 N–H and O–H groups in total. The van der Waals surface area contributed by atoms with Gasteiger partial charge in [0.2, 0.25) is 5.91 Å². The van der Waals surface area contributed by atoms with E-state index >= 15 is 0 Å². The molecule has 0 atom stereocenters. The van der Waals surface area contributed by atoms with Crippen LogP contribution >= 0.6 is 11.6 Å². The Labute approximate surface area is 72.5 Å². The highest BCUT2D eigenvalue weighted by molar-refractivity contribution is 6.18. The molecule has 0 bridgehead atoms. The third-order valence-corrected chi connectivity index (χ3v) is 2.12. The fourth-order valence-electron chi connectivity index (χ4n) is 1.49. The van der Waals surface area contributed by atoms with E-state index in [4.69, 9.17) is 11.6 Å². The number of amides is 1. The molecule has 1 saturated heterocycles. The van der Waals surface area contributed by atoms with Crippen LogP contribution in [0.1, 0.15) is 20.3 Å². The van der Waals surface area contributed by atoms with E-state index in [0.717, 1.165) is 6.54 Å². The van der Waals surface area contributed by atoms with Crippen molar-refractivity contribution in [2.75, 3.05) is 19.0 Å². The molecule has 0 spiro atoms. The molecule has 0 aromatic heterocycles. The average molecular weight is 176 g/mol. The number of hydrogen-bond donors (Lipinski definition) is 0. The van der Waals surface area contributed by atoms with E-state index in [-0.39, 0.29) is 11.3 Å². The van der Waals surface area contributed by atoms with E-state index in [1.807, 2.05) is 4.90 Å². The quantitative estimate of drug-likeness (QED) is 0.583. The molecule has 3 heteroatoms. The molecular formula is C8H14ClNO. The topological polar surface area (TPSA) is 20.3 Å². The van der Waals surface area contributed by atoms with Crippen LogP contribution in [0.4, 0.5) is 0 Å². The summed E-state index contributed by atoms with van der Waals surface area (Å²) in [5.74, 6) is 0.789. The van der Waals surface area contributed by atoms with Gasteiger partial charge in [-0.2, -0.15) is 0 Å². The number of likely N-dealkylation sites (tertiary alicyclic amines) is 1. The molecule has 0 unspecified atom stereocenters. The van der Waals surface area contributed by atoms with Crippen molar-refractivity contribution in [2.45, 2.75) is 20.3 Å². The summed E-state index contributed by atoms with van der Waals surface area (Å²) in [4.78, 5) is 13.1. The zero-order valence-corrected chi connectivity index (χ0v) is 7.82. The number of carbonyl (C=O) groups excluding carboxylic acids is 1. The van der Waals surface area contributed by atoms with Gasteiger partial charge in [0.25, 0.3) is 0 Å². The molecular weight excluding hydrogens is 162 g/mol. The minimum Gasteiger partial charge on any atom is -0.341 e. The molecule has 1 rings (SSSR count). The second-order valence-corrected chi connectivity index (χ2v) is 4.22. The van der Waals surface area contributed by atoms with Crippen molar-refractivity contribution in [3.8, 4) is 0 Å². The maximum absolute atomic E-state index is 11.2. The summed E-state index contributed by atoms with van der Waals surface area (Å²) in [7, 11) is 0. The lowest BCUT2D eigenvalue weighted by Gasteiger charge is -2.18. The smallest absolute Gasteiger partial charge is 0.223 e. The minimum atomic E-state index is 0.156. The van der Waals surface area contributed by atoms with E-state index in [2.05, 4.69) is 13.8 Å². The summed E-state index contributed by atoms with van der Waals surface area (Å²) in [6.07, 6.45) is 0.671. The Morgan fingerprint density at radius 3 is 2.64 bits per heavy atom. The van der Waals surface area contributed by atoms with Crippen LogP contribution in [0.25, 0.3) is 0 Å². The van der Waals surface area contributed by atoms with E-state index in [9.17, 15) is 4.79 Å². The van der Waals surface area contributed by atoms with Crippen LogP contribution in [0.2, 0.25) is 0 Å². The zero-order chi connectivity index (χ0) is 8.48. The lowest BCUT2D eigenvalue weighted by atomic mass is 9.93. The zero-order valence-electron chi connectivity index (χ0n) is 7.06. The monoisotopic (exact) mass is 175 g/mol. The molecule has 0 radical (unpaired) electrons. The van der Waals surface area contributed by atoms with E-state index < -0.39 is 0 Å². The average Bonchev–Trinajstić information content (AvgIpc) is 2.07. The first-order valence-corrected chi connectivity index (χ1v) is 4.42. The number of hydrogen-bond acceptors (Lipinski definition) is 1. The Bertz CT molecular complexity index is 167. The van der Waals surface area contributed by atoms with Gasteiger partial charge in [0.15, 0.2) is 0 Å². The molecule has 1 aliphatic rings.